The van der Waals surface area contributed by atoms with E-state index in [-0.39, 0.29) is 0 Å². The highest BCUT2D eigenvalue weighted by atomic mass is 16.5. The van der Waals surface area contributed by atoms with Crippen molar-refractivity contribution in [1.29, 1.82) is 0 Å². The van der Waals surface area contributed by atoms with E-state index in [0.717, 1.165) is 29.7 Å². The summed E-state index contributed by atoms with van der Waals surface area (Å²) in [6.07, 6.45) is 7.77. The SMILES string of the molecule is CC1CC(C)CC(Oc2ccncc2CNC(C)C)C1. The van der Waals surface area contributed by atoms with Crippen LogP contribution in [0.25, 0.3) is 0 Å². The van der Waals surface area contributed by atoms with Gasteiger partial charge in [-0.05, 0) is 37.2 Å². The van der Waals surface area contributed by atoms with E-state index in [1.807, 2.05) is 18.5 Å². The minimum atomic E-state index is 0.356. The van der Waals surface area contributed by atoms with Crippen LogP contribution in [0.15, 0.2) is 18.5 Å². The van der Waals surface area contributed by atoms with E-state index in [2.05, 4.69) is 38.0 Å². The van der Waals surface area contributed by atoms with Gasteiger partial charge in [0.1, 0.15) is 5.75 Å². The molecule has 0 saturated heterocycles. The molecule has 0 aliphatic heterocycles. The number of hydrogen-bond acceptors (Lipinski definition) is 3. The standard InChI is InChI=1S/C17H28N2O/c1-12(2)19-11-15-10-18-6-5-17(15)20-16-8-13(3)7-14(4)9-16/h5-6,10,12-14,16,19H,7-9,11H2,1-4H3. The number of aromatic nitrogens is 1. The molecule has 0 bridgehead atoms. The third-order valence-electron chi connectivity index (χ3n) is 3.99. The molecule has 0 radical (unpaired) electrons. The minimum Gasteiger partial charge on any atom is -0.490 e. The van der Waals surface area contributed by atoms with Crippen LogP contribution in [0, 0.1) is 11.8 Å². The zero-order valence-electron chi connectivity index (χ0n) is 13.2. The van der Waals surface area contributed by atoms with Gasteiger partial charge in [0, 0.05) is 30.5 Å². The van der Waals surface area contributed by atoms with E-state index in [9.17, 15) is 0 Å². The molecule has 2 unspecified atom stereocenters. The molecule has 1 aromatic rings. The number of pyridine rings is 1. The lowest BCUT2D eigenvalue weighted by atomic mass is 9.82. The molecule has 0 amide bonds. The van der Waals surface area contributed by atoms with E-state index in [1.54, 1.807) is 0 Å². The normalized spacial score (nSPS) is 26.8. The van der Waals surface area contributed by atoms with Crippen molar-refractivity contribution in [2.75, 3.05) is 0 Å². The summed E-state index contributed by atoms with van der Waals surface area (Å²) in [7, 11) is 0. The molecule has 1 aliphatic carbocycles. The molecular weight excluding hydrogens is 248 g/mol. The second kappa shape index (κ2) is 7.07. The van der Waals surface area contributed by atoms with Crippen LogP contribution in [0.4, 0.5) is 0 Å². The quantitative estimate of drug-likeness (QED) is 0.888. The largest absolute Gasteiger partial charge is 0.490 e. The summed E-state index contributed by atoms with van der Waals surface area (Å²) in [5, 5.41) is 3.44. The predicted molar refractivity (Wildman–Crippen MR) is 82.8 cm³/mol. The van der Waals surface area contributed by atoms with E-state index in [4.69, 9.17) is 4.74 Å². The van der Waals surface area contributed by atoms with Gasteiger partial charge in [0.05, 0.1) is 6.10 Å². The lowest BCUT2D eigenvalue weighted by Crippen LogP contribution is -2.29. The highest BCUT2D eigenvalue weighted by Gasteiger charge is 2.25. The van der Waals surface area contributed by atoms with Gasteiger partial charge < -0.3 is 10.1 Å². The van der Waals surface area contributed by atoms with E-state index in [0.29, 0.717) is 12.1 Å². The summed E-state index contributed by atoms with van der Waals surface area (Å²) in [4.78, 5) is 4.23. The smallest absolute Gasteiger partial charge is 0.127 e. The third-order valence-corrected chi connectivity index (χ3v) is 3.99. The zero-order valence-corrected chi connectivity index (χ0v) is 13.2. The Morgan fingerprint density at radius 2 is 1.95 bits per heavy atom. The van der Waals surface area contributed by atoms with Crippen LogP contribution >= 0.6 is 0 Å². The maximum Gasteiger partial charge on any atom is 0.127 e. The topological polar surface area (TPSA) is 34.1 Å². The van der Waals surface area contributed by atoms with Gasteiger partial charge in [-0.1, -0.05) is 27.7 Å². The van der Waals surface area contributed by atoms with Gasteiger partial charge in [-0.2, -0.15) is 0 Å². The molecular formula is C17H28N2O. The van der Waals surface area contributed by atoms with Crippen molar-refractivity contribution in [2.24, 2.45) is 11.8 Å². The summed E-state index contributed by atoms with van der Waals surface area (Å²) in [6, 6.07) is 2.47. The van der Waals surface area contributed by atoms with Gasteiger partial charge in [0.2, 0.25) is 0 Å². The summed E-state index contributed by atoms with van der Waals surface area (Å²) in [5.74, 6) is 2.53. The van der Waals surface area contributed by atoms with Crippen molar-refractivity contribution < 1.29 is 4.74 Å². The molecule has 20 heavy (non-hydrogen) atoms. The highest BCUT2D eigenvalue weighted by molar-refractivity contribution is 5.30. The third kappa shape index (κ3) is 4.48. The average molecular weight is 276 g/mol. The van der Waals surface area contributed by atoms with Gasteiger partial charge in [-0.15, -0.1) is 0 Å². The van der Waals surface area contributed by atoms with Gasteiger partial charge in [0.25, 0.3) is 0 Å². The van der Waals surface area contributed by atoms with Crippen molar-refractivity contribution in [2.45, 2.75) is 65.6 Å². The second-order valence-electron chi connectivity index (χ2n) is 6.68. The monoisotopic (exact) mass is 276 g/mol. The van der Waals surface area contributed by atoms with Crippen LogP contribution in [0.5, 0.6) is 5.75 Å². The fraction of sp³-hybridized carbons (Fsp3) is 0.706. The molecule has 0 spiro atoms. The van der Waals surface area contributed by atoms with E-state index >= 15 is 0 Å². The van der Waals surface area contributed by atoms with Crippen LogP contribution in [-0.2, 0) is 6.54 Å². The lowest BCUT2D eigenvalue weighted by molar-refractivity contribution is 0.0998. The first kappa shape index (κ1) is 15.3. The fourth-order valence-electron chi connectivity index (χ4n) is 3.13. The first-order valence-corrected chi connectivity index (χ1v) is 7.87. The van der Waals surface area contributed by atoms with Crippen molar-refractivity contribution in [1.82, 2.24) is 10.3 Å². The Balaban J connectivity index is 2.01. The molecule has 2 rings (SSSR count). The number of nitrogens with zero attached hydrogens (tertiary/aromatic N) is 1. The molecule has 1 fully saturated rings. The van der Waals surface area contributed by atoms with Crippen molar-refractivity contribution >= 4 is 0 Å². The Bertz CT molecular complexity index is 409. The fourth-order valence-corrected chi connectivity index (χ4v) is 3.13. The number of ether oxygens (including phenoxy) is 1. The average Bonchev–Trinajstić information content (AvgIpc) is 2.36. The molecule has 112 valence electrons. The maximum absolute atomic E-state index is 6.28. The molecule has 1 aliphatic rings. The van der Waals surface area contributed by atoms with Crippen LogP contribution in [0.1, 0.15) is 52.5 Å². The lowest BCUT2D eigenvalue weighted by Gasteiger charge is -2.32. The Morgan fingerprint density at radius 1 is 1.25 bits per heavy atom. The molecule has 1 aromatic heterocycles. The Labute approximate surface area is 123 Å². The molecule has 1 heterocycles. The van der Waals surface area contributed by atoms with Gasteiger partial charge >= 0.3 is 0 Å². The Kier molecular flexibility index (Phi) is 5.41. The molecule has 3 heteroatoms. The predicted octanol–water partition coefficient (Wildman–Crippen LogP) is 3.78. The van der Waals surface area contributed by atoms with Crippen LogP contribution in [-0.4, -0.2) is 17.1 Å². The summed E-state index contributed by atoms with van der Waals surface area (Å²) in [6.45, 7) is 9.79. The summed E-state index contributed by atoms with van der Waals surface area (Å²) >= 11 is 0. The number of rotatable bonds is 5. The first-order valence-electron chi connectivity index (χ1n) is 7.87. The van der Waals surface area contributed by atoms with Gasteiger partial charge in [-0.25, -0.2) is 0 Å². The molecule has 1 saturated carbocycles. The highest BCUT2D eigenvalue weighted by Crippen LogP contribution is 2.32. The van der Waals surface area contributed by atoms with Crippen molar-refractivity contribution in [3.63, 3.8) is 0 Å². The second-order valence-corrected chi connectivity index (χ2v) is 6.68. The van der Waals surface area contributed by atoms with Crippen molar-refractivity contribution in [3.8, 4) is 5.75 Å². The number of nitrogens with one attached hydrogen (secondary N) is 1. The molecule has 3 nitrogen and oxygen atoms in total. The summed E-state index contributed by atoms with van der Waals surface area (Å²) < 4.78 is 6.28. The van der Waals surface area contributed by atoms with Crippen LogP contribution in [0.3, 0.4) is 0 Å². The van der Waals surface area contributed by atoms with Gasteiger partial charge in [0.15, 0.2) is 0 Å². The maximum atomic E-state index is 6.28. The zero-order chi connectivity index (χ0) is 14.5. The van der Waals surface area contributed by atoms with Crippen LogP contribution in [0.2, 0.25) is 0 Å². The Hall–Kier alpha value is -1.09. The molecule has 0 aromatic carbocycles. The van der Waals surface area contributed by atoms with Crippen molar-refractivity contribution in [3.05, 3.63) is 24.0 Å². The number of hydrogen-bond donors (Lipinski definition) is 1. The molecule has 2 atom stereocenters. The Morgan fingerprint density at radius 3 is 2.60 bits per heavy atom. The minimum absolute atomic E-state index is 0.356. The van der Waals surface area contributed by atoms with Crippen LogP contribution < -0.4 is 10.1 Å². The van der Waals surface area contributed by atoms with E-state index in [1.165, 1.54) is 19.3 Å². The van der Waals surface area contributed by atoms with Gasteiger partial charge in [-0.3, -0.25) is 4.98 Å². The molecule has 1 N–H and O–H groups in total. The first-order chi connectivity index (χ1) is 9.54. The van der Waals surface area contributed by atoms with E-state index < -0.39 is 0 Å². The summed E-state index contributed by atoms with van der Waals surface area (Å²) in [5.41, 5.74) is 1.16.